The van der Waals surface area contributed by atoms with Crippen molar-refractivity contribution < 1.29 is 27.4 Å². The molecular formula is C11H14ClF4NO2. The Morgan fingerprint density at radius 2 is 1.95 bits per heavy atom. The largest absolute Gasteiger partial charge is 0.497 e. The molecule has 0 fully saturated rings. The Morgan fingerprint density at radius 3 is 2.37 bits per heavy atom. The average molecular weight is 304 g/mol. The smallest absolute Gasteiger partial charge is 0.403 e. The quantitative estimate of drug-likeness (QED) is 0.841. The van der Waals surface area contributed by atoms with E-state index in [9.17, 15) is 22.7 Å². The van der Waals surface area contributed by atoms with Gasteiger partial charge in [-0.15, -0.1) is 12.4 Å². The average Bonchev–Trinajstić information content (AvgIpc) is 2.27. The molecule has 1 aromatic carbocycles. The SMILES string of the molecule is COc1ccc([C@@H](O)C[C@H](N)C(F)(F)F)c(F)c1.Cl. The highest BCUT2D eigenvalue weighted by Crippen LogP contribution is 2.29. The topological polar surface area (TPSA) is 55.5 Å². The van der Waals surface area contributed by atoms with E-state index in [1.807, 2.05) is 0 Å². The van der Waals surface area contributed by atoms with E-state index in [1.165, 1.54) is 19.2 Å². The summed E-state index contributed by atoms with van der Waals surface area (Å²) in [6.45, 7) is 0. The Balaban J connectivity index is 0.00000324. The molecule has 8 heteroatoms. The lowest BCUT2D eigenvalue weighted by Crippen LogP contribution is -2.38. The molecule has 0 aromatic heterocycles. The van der Waals surface area contributed by atoms with Gasteiger partial charge in [0.15, 0.2) is 0 Å². The molecule has 110 valence electrons. The second-order valence-electron chi connectivity index (χ2n) is 3.79. The zero-order chi connectivity index (χ0) is 13.9. The van der Waals surface area contributed by atoms with Crippen LogP contribution in [0.25, 0.3) is 0 Å². The maximum Gasteiger partial charge on any atom is 0.403 e. The lowest BCUT2D eigenvalue weighted by molar-refractivity contribution is -0.154. The molecule has 0 saturated heterocycles. The first-order chi connectivity index (χ1) is 8.25. The Morgan fingerprint density at radius 1 is 1.37 bits per heavy atom. The van der Waals surface area contributed by atoms with Crippen LogP contribution < -0.4 is 10.5 Å². The Bertz CT molecular complexity index is 414. The van der Waals surface area contributed by atoms with Crippen molar-refractivity contribution in [2.45, 2.75) is 24.7 Å². The highest BCUT2D eigenvalue weighted by molar-refractivity contribution is 5.85. The van der Waals surface area contributed by atoms with E-state index < -0.39 is 30.6 Å². The van der Waals surface area contributed by atoms with Crippen LogP contribution in [0.3, 0.4) is 0 Å². The van der Waals surface area contributed by atoms with Crippen molar-refractivity contribution in [2.75, 3.05) is 7.11 Å². The predicted octanol–water partition coefficient (Wildman–Crippen LogP) is 2.57. The fraction of sp³-hybridized carbons (Fsp3) is 0.455. The molecule has 1 aromatic rings. The number of hydrogen-bond acceptors (Lipinski definition) is 3. The molecule has 0 aliphatic rings. The first-order valence-corrected chi connectivity index (χ1v) is 5.09. The standard InChI is InChI=1S/C11H13F4NO2.ClH/c1-18-6-2-3-7(8(12)4-6)9(17)5-10(16)11(13,14)15;/h2-4,9-10,17H,5,16H2,1H3;1H/t9-,10-;/m0./s1. The van der Waals surface area contributed by atoms with Crippen LogP contribution in [0.4, 0.5) is 17.6 Å². The number of benzene rings is 1. The molecule has 1 rings (SSSR count). The molecule has 0 heterocycles. The van der Waals surface area contributed by atoms with E-state index in [2.05, 4.69) is 0 Å². The molecule has 0 aliphatic heterocycles. The molecule has 0 unspecified atom stereocenters. The molecule has 0 amide bonds. The van der Waals surface area contributed by atoms with Crippen LogP contribution in [-0.4, -0.2) is 24.4 Å². The third-order valence-electron chi connectivity index (χ3n) is 2.46. The van der Waals surface area contributed by atoms with Crippen LogP contribution in [0.2, 0.25) is 0 Å². The molecule has 2 atom stereocenters. The summed E-state index contributed by atoms with van der Waals surface area (Å²) in [4.78, 5) is 0. The van der Waals surface area contributed by atoms with E-state index in [0.717, 1.165) is 6.07 Å². The fourth-order valence-electron chi connectivity index (χ4n) is 1.41. The minimum absolute atomic E-state index is 0. The van der Waals surface area contributed by atoms with Gasteiger partial charge in [0.05, 0.1) is 13.2 Å². The Kier molecular flexibility index (Phi) is 6.54. The summed E-state index contributed by atoms with van der Waals surface area (Å²) >= 11 is 0. The molecular weight excluding hydrogens is 290 g/mol. The molecule has 3 nitrogen and oxygen atoms in total. The predicted molar refractivity (Wildman–Crippen MR) is 63.8 cm³/mol. The first-order valence-electron chi connectivity index (χ1n) is 5.09. The third kappa shape index (κ3) is 4.85. The molecule has 0 spiro atoms. The van der Waals surface area contributed by atoms with E-state index in [1.54, 1.807) is 0 Å². The monoisotopic (exact) mass is 303 g/mol. The number of nitrogens with two attached hydrogens (primary N) is 1. The van der Waals surface area contributed by atoms with Crippen LogP contribution in [0.1, 0.15) is 18.1 Å². The number of methoxy groups -OCH3 is 1. The van der Waals surface area contributed by atoms with Crippen LogP contribution in [0.15, 0.2) is 18.2 Å². The van der Waals surface area contributed by atoms with Gasteiger partial charge in [0, 0.05) is 18.1 Å². The van der Waals surface area contributed by atoms with Crippen molar-refractivity contribution in [1.82, 2.24) is 0 Å². The molecule has 19 heavy (non-hydrogen) atoms. The van der Waals surface area contributed by atoms with E-state index in [0.29, 0.717) is 0 Å². The highest BCUT2D eigenvalue weighted by atomic mass is 35.5. The molecule has 0 bridgehead atoms. The van der Waals surface area contributed by atoms with Gasteiger partial charge in [0.25, 0.3) is 0 Å². The van der Waals surface area contributed by atoms with Crippen molar-refractivity contribution in [3.8, 4) is 5.75 Å². The second kappa shape index (κ2) is 6.93. The summed E-state index contributed by atoms with van der Waals surface area (Å²) in [5.41, 5.74) is 4.62. The number of aliphatic hydroxyl groups excluding tert-OH is 1. The number of ether oxygens (including phenoxy) is 1. The summed E-state index contributed by atoms with van der Waals surface area (Å²) in [6, 6.07) is 1.30. The number of alkyl halides is 3. The summed E-state index contributed by atoms with van der Waals surface area (Å²) < 4.78 is 54.8. The van der Waals surface area contributed by atoms with E-state index in [4.69, 9.17) is 10.5 Å². The number of aliphatic hydroxyl groups is 1. The van der Waals surface area contributed by atoms with Crippen LogP contribution in [-0.2, 0) is 0 Å². The second-order valence-corrected chi connectivity index (χ2v) is 3.79. The van der Waals surface area contributed by atoms with Gasteiger partial charge in [0.1, 0.15) is 17.6 Å². The van der Waals surface area contributed by atoms with Gasteiger partial charge in [-0.05, 0) is 12.1 Å². The highest BCUT2D eigenvalue weighted by Gasteiger charge is 2.38. The van der Waals surface area contributed by atoms with Crippen molar-refractivity contribution in [3.05, 3.63) is 29.6 Å². The van der Waals surface area contributed by atoms with Gasteiger partial charge in [-0.25, -0.2) is 4.39 Å². The third-order valence-corrected chi connectivity index (χ3v) is 2.46. The number of halogens is 5. The minimum atomic E-state index is -4.62. The lowest BCUT2D eigenvalue weighted by atomic mass is 10.0. The minimum Gasteiger partial charge on any atom is -0.497 e. The normalized spacial score (nSPS) is 14.5. The van der Waals surface area contributed by atoms with Crippen molar-refractivity contribution in [1.29, 1.82) is 0 Å². The summed E-state index contributed by atoms with van der Waals surface area (Å²) in [6.07, 6.45) is -7.04. The van der Waals surface area contributed by atoms with Gasteiger partial charge in [0.2, 0.25) is 0 Å². The first kappa shape index (κ1) is 17.9. The van der Waals surface area contributed by atoms with Gasteiger partial charge in [-0.3, -0.25) is 0 Å². The van der Waals surface area contributed by atoms with Crippen LogP contribution in [0.5, 0.6) is 5.75 Å². The molecule has 3 N–H and O–H groups in total. The number of hydrogen-bond donors (Lipinski definition) is 2. The number of rotatable bonds is 4. The maximum atomic E-state index is 13.5. The Hall–Kier alpha value is -1.05. The van der Waals surface area contributed by atoms with Crippen molar-refractivity contribution >= 4 is 12.4 Å². The van der Waals surface area contributed by atoms with Crippen LogP contribution >= 0.6 is 12.4 Å². The van der Waals surface area contributed by atoms with Crippen LogP contribution in [0, 0.1) is 5.82 Å². The molecule has 0 radical (unpaired) electrons. The van der Waals surface area contributed by atoms with E-state index >= 15 is 0 Å². The van der Waals surface area contributed by atoms with Crippen molar-refractivity contribution in [3.63, 3.8) is 0 Å². The summed E-state index contributed by atoms with van der Waals surface area (Å²) in [5, 5.41) is 9.54. The molecule has 0 aliphatic carbocycles. The van der Waals surface area contributed by atoms with E-state index in [-0.39, 0.29) is 23.7 Å². The summed E-state index contributed by atoms with van der Waals surface area (Å²) in [7, 11) is 1.32. The Labute approximate surface area is 113 Å². The van der Waals surface area contributed by atoms with Gasteiger partial charge in [-0.1, -0.05) is 0 Å². The zero-order valence-electron chi connectivity index (χ0n) is 9.95. The van der Waals surface area contributed by atoms with Crippen molar-refractivity contribution in [2.24, 2.45) is 5.73 Å². The molecule has 0 saturated carbocycles. The summed E-state index contributed by atoms with van der Waals surface area (Å²) in [5.74, 6) is -0.625. The maximum absolute atomic E-state index is 13.5. The van der Waals surface area contributed by atoms with Gasteiger partial charge < -0.3 is 15.6 Å². The van der Waals surface area contributed by atoms with Gasteiger partial charge in [-0.2, -0.15) is 13.2 Å². The van der Waals surface area contributed by atoms with Gasteiger partial charge >= 0.3 is 6.18 Å². The zero-order valence-corrected chi connectivity index (χ0v) is 10.8. The lowest BCUT2D eigenvalue weighted by Gasteiger charge is -2.19. The fourth-order valence-corrected chi connectivity index (χ4v) is 1.41.